The van der Waals surface area contributed by atoms with Gasteiger partial charge < -0.3 is 0 Å². The van der Waals surface area contributed by atoms with Crippen LogP contribution in [0.3, 0.4) is 0 Å². The first-order valence-corrected chi connectivity index (χ1v) is 5.22. The molecule has 2 aromatic rings. The van der Waals surface area contributed by atoms with Crippen LogP contribution in [0, 0.1) is 6.92 Å². The molecule has 0 bridgehead atoms. The molecule has 0 aliphatic rings. The normalized spacial score (nSPS) is 10.5. The van der Waals surface area contributed by atoms with Crippen molar-refractivity contribution in [3.05, 3.63) is 40.6 Å². The van der Waals surface area contributed by atoms with Crippen molar-refractivity contribution >= 4 is 15.9 Å². The zero-order valence-corrected chi connectivity index (χ0v) is 9.75. The molecule has 72 valence electrons. The largest absolute Gasteiger partial charge is 0.274 e. The fourth-order valence-corrected chi connectivity index (χ4v) is 2.05. The molecule has 1 heterocycles. The number of halogens is 1. The molecule has 2 rings (SSSR count). The van der Waals surface area contributed by atoms with Crippen LogP contribution in [0.15, 0.2) is 35.1 Å². The third-order valence-corrected chi connectivity index (χ3v) is 2.70. The van der Waals surface area contributed by atoms with E-state index in [0.717, 1.165) is 10.2 Å². The van der Waals surface area contributed by atoms with E-state index in [0.29, 0.717) is 0 Å². The number of hydrogen-bond donors (Lipinski definition) is 0. The average molecular weight is 251 g/mol. The van der Waals surface area contributed by atoms with Crippen LogP contribution in [0.5, 0.6) is 0 Å². The van der Waals surface area contributed by atoms with Gasteiger partial charge in [-0.1, -0.05) is 29.8 Å². The number of nitrogens with zero attached hydrogens (tertiary/aromatic N) is 2. The monoisotopic (exact) mass is 250 g/mol. The topological polar surface area (TPSA) is 17.8 Å². The van der Waals surface area contributed by atoms with Crippen LogP contribution in [-0.2, 0) is 7.05 Å². The fraction of sp³-hybridized carbons (Fsp3) is 0.182. The van der Waals surface area contributed by atoms with Crippen LogP contribution < -0.4 is 0 Å². The molecule has 0 fully saturated rings. The summed E-state index contributed by atoms with van der Waals surface area (Å²) in [6, 6.07) is 8.40. The van der Waals surface area contributed by atoms with Gasteiger partial charge in [0.1, 0.15) is 4.60 Å². The Bertz CT molecular complexity index is 460. The molecular weight excluding hydrogens is 240 g/mol. The van der Waals surface area contributed by atoms with Gasteiger partial charge in [0.25, 0.3) is 0 Å². The number of benzene rings is 1. The first kappa shape index (κ1) is 9.46. The van der Waals surface area contributed by atoms with Gasteiger partial charge in [0, 0.05) is 18.8 Å². The number of aryl methyl sites for hydroxylation is 2. The molecule has 0 unspecified atom stereocenters. The van der Waals surface area contributed by atoms with E-state index in [4.69, 9.17) is 0 Å². The van der Waals surface area contributed by atoms with E-state index in [9.17, 15) is 0 Å². The van der Waals surface area contributed by atoms with Crippen LogP contribution in [0.25, 0.3) is 11.1 Å². The van der Waals surface area contributed by atoms with Crippen molar-refractivity contribution in [3.63, 3.8) is 0 Å². The van der Waals surface area contributed by atoms with Crippen LogP contribution in [0.1, 0.15) is 5.56 Å². The zero-order valence-electron chi connectivity index (χ0n) is 8.16. The summed E-state index contributed by atoms with van der Waals surface area (Å²) in [7, 11) is 1.92. The van der Waals surface area contributed by atoms with E-state index >= 15 is 0 Å². The Morgan fingerprint density at radius 3 is 2.71 bits per heavy atom. The lowest BCUT2D eigenvalue weighted by Crippen LogP contribution is -1.84. The molecule has 0 aliphatic carbocycles. The Labute approximate surface area is 91.7 Å². The Morgan fingerprint density at radius 2 is 2.14 bits per heavy atom. The Kier molecular flexibility index (Phi) is 2.42. The second-order valence-corrected chi connectivity index (χ2v) is 4.13. The van der Waals surface area contributed by atoms with Crippen molar-refractivity contribution in [2.45, 2.75) is 6.92 Å². The average Bonchev–Trinajstić information content (AvgIpc) is 2.45. The maximum atomic E-state index is 4.25. The van der Waals surface area contributed by atoms with Crippen LogP contribution in [0.4, 0.5) is 0 Å². The molecule has 0 atom stereocenters. The maximum Gasteiger partial charge on any atom is 0.135 e. The van der Waals surface area contributed by atoms with Crippen LogP contribution >= 0.6 is 15.9 Å². The van der Waals surface area contributed by atoms with E-state index in [2.05, 4.69) is 52.2 Å². The minimum absolute atomic E-state index is 0.894. The number of rotatable bonds is 1. The zero-order chi connectivity index (χ0) is 10.1. The van der Waals surface area contributed by atoms with Crippen LogP contribution in [0.2, 0.25) is 0 Å². The van der Waals surface area contributed by atoms with E-state index in [1.807, 2.05) is 17.9 Å². The fourth-order valence-electron chi connectivity index (χ4n) is 1.47. The van der Waals surface area contributed by atoms with Gasteiger partial charge in [0.05, 0.1) is 0 Å². The van der Waals surface area contributed by atoms with E-state index < -0.39 is 0 Å². The highest BCUT2D eigenvalue weighted by atomic mass is 79.9. The molecule has 1 aromatic carbocycles. The van der Waals surface area contributed by atoms with Gasteiger partial charge in [0.2, 0.25) is 0 Å². The SMILES string of the molecule is Cc1cccc(-c2cn(C)nc2Br)c1. The second-order valence-electron chi connectivity index (χ2n) is 3.38. The van der Waals surface area contributed by atoms with Gasteiger partial charge in [-0.3, -0.25) is 4.68 Å². The minimum Gasteiger partial charge on any atom is -0.274 e. The second kappa shape index (κ2) is 3.58. The van der Waals surface area contributed by atoms with Crippen molar-refractivity contribution in [2.24, 2.45) is 7.05 Å². The van der Waals surface area contributed by atoms with Crippen molar-refractivity contribution in [1.29, 1.82) is 0 Å². The summed E-state index contributed by atoms with van der Waals surface area (Å²) in [5.41, 5.74) is 3.60. The van der Waals surface area contributed by atoms with Gasteiger partial charge in [-0.2, -0.15) is 5.10 Å². The summed E-state index contributed by atoms with van der Waals surface area (Å²) in [6.45, 7) is 2.09. The lowest BCUT2D eigenvalue weighted by atomic mass is 10.1. The summed E-state index contributed by atoms with van der Waals surface area (Å²) in [5.74, 6) is 0. The molecular formula is C11H11BrN2. The highest BCUT2D eigenvalue weighted by Crippen LogP contribution is 2.26. The predicted molar refractivity (Wildman–Crippen MR) is 61.1 cm³/mol. The Balaban J connectivity index is 2.54. The number of aromatic nitrogens is 2. The van der Waals surface area contributed by atoms with Crippen molar-refractivity contribution < 1.29 is 0 Å². The smallest absolute Gasteiger partial charge is 0.135 e. The molecule has 3 heteroatoms. The molecule has 0 N–H and O–H groups in total. The highest BCUT2D eigenvalue weighted by molar-refractivity contribution is 9.10. The Hall–Kier alpha value is -1.09. The standard InChI is InChI=1S/C11H11BrN2/c1-8-4-3-5-9(6-8)10-7-14(2)13-11(10)12/h3-7H,1-2H3. The predicted octanol–water partition coefficient (Wildman–Crippen LogP) is 3.16. The van der Waals surface area contributed by atoms with E-state index in [1.54, 1.807) is 0 Å². The van der Waals surface area contributed by atoms with Crippen molar-refractivity contribution in [3.8, 4) is 11.1 Å². The third kappa shape index (κ3) is 1.73. The summed E-state index contributed by atoms with van der Waals surface area (Å²) in [4.78, 5) is 0. The van der Waals surface area contributed by atoms with Gasteiger partial charge in [0.15, 0.2) is 0 Å². The molecule has 0 saturated heterocycles. The van der Waals surface area contributed by atoms with Crippen LogP contribution in [-0.4, -0.2) is 9.78 Å². The molecule has 0 spiro atoms. The lowest BCUT2D eigenvalue weighted by molar-refractivity contribution is 0.760. The van der Waals surface area contributed by atoms with E-state index in [-0.39, 0.29) is 0 Å². The summed E-state index contributed by atoms with van der Waals surface area (Å²) < 4.78 is 2.70. The Morgan fingerprint density at radius 1 is 1.36 bits per heavy atom. The molecule has 2 nitrogen and oxygen atoms in total. The quantitative estimate of drug-likeness (QED) is 0.761. The first-order valence-electron chi connectivity index (χ1n) is 4.43. The van der Waals surface area contributed by atoms with Crippen molar-refractivity contribution in [2.75, 3.05) is 0 Å². The molecule has 0 amide bonds. The molecule has 0 radical (unpaired) electrons. The first-order chi connectivity index (χ1) is 6.66. The molecule has 1 aromatic heterocycles. The van der Waals surface area contributed by atoms with Gasteiger partial charge >= 0.3 is 0 Å². The lowest BCUT2D eigenvalue weighted by Gasteiger charge is -1.99. The molecule has 0 saturated carbocycles. The summed E-state index contributed by atoms with van der Waals surface area (Å²) >= 11 is 3.45. The summed E-state index contributed by atoms with van der Waals surface area (Å²) in [5, 5.41) is 4.25. The number of hydrogen-bond acceptors (Lipinski definition) is 1. The van der Waals surface area contributed by atoms with Crippen molar-refractivity contribution in [1.82, 2.24) is 9.78 Å². The third-order valence-electron chi connectivity index (χ3n) is 2.11. The van der Waals surface area contributed by atoms with Gasteiger partial charge in [-0.05, 0) is 28.4 Å². The summed E-state index contributed by atoms with van der Waals surface area (Å²) in [6.07, 6.45) is 2.01. The van der Waals surface area contributed by atoms with Gasteiger partial charge in [-0.25, -0.2) is 0 Å². The molecule has 0 aliphatic heterocycles. The molecule has 14 heavy (non-hydrogen) atoms. The maximum absolute atomic E-state index is 4.25. The van der Waals surface area contributed by atoms with E-state index in [1.165, 1.54) is 11.1 Å². The van der Waals surface area contributed by atoms with Gasteiger partial charge in [-0.15, -0.1) is 0 Å². The minimum atomic E-state index is 0.894. The highest BCUT2D eigenvalue weighted by Gasteiger charge is 2.06.